The summed E-state index contributed by atoms with van der Waals surface area (Å²) in [7, 11) is 0. The number of oxazole rings is 1. The second kappa shape index (κ2) is 8.04. The van der Waals surface area contributed by atoms with Gasteiger partial charge < -0.3 is 14.5 Å². The number of hydrogen-bond donors (Lipinski definition) is 1. The second-order valence-electron chi connectivity index (χ2n) is 4.46. The van der Waals surface area contributed by atoms with Crippen LogP contribution in [-0.2, 0) is 4.74 Å². The molecule has 0 aliphatic heterocycles. The van der Waals surface area contributed by atoms with Crippen LogP contribution in [0.2, 0.25) is 0 Å². The lowest BCUT2D eigenvalue weighted by molar-refractivity contribution is -0.160. The minimum Gasteiger partial charge on any atom is -0.440 e. The van der Waals surface area contributed by atoms with Crippen LogP contribution >= 0.6 is 11.8 Å². The SMILES string of the molecule is O=C(NCCSc1ncc(-c2ccc(F)cc2)o1)OCC(F)(F)F. The smallest absolute Gasteiger partial charge is 0.422 e. The Kier molecular flexibility index (Phi) is 6.07. The van der Waals surface area contributed by atoms with E-state index in [1.807, 2.05) is 0 Å². The molecule has 130 valence electrons. The molecule has 10 heteroatoms. The highest BCUT2D eigenvalue weighted by Gasteiger charge is 2.29. The van der Waals surface area contributed by atoms with Gasteiger partial charge in [-0.2, -0.15) is 13.2 Å². The molecule has 2 rings (SSSR count). The van der Waals surface area contributed by atoms with E-state index in [-0.39, 0.29) is 12.4 Å². The lowest BCUT2D eigenvalue weighted by atomic mass is 10.2. The number of halogens is 4. The first-order valence-corrected chi connectivity index (χ1v) is 7.64. The molecule has 1 N–H and O–H groups in total. The number of amides is 1. The molecular weight excluding hydrogens is 352 g/mol. The Hall–Kier alpha value is -2.23. The minimum absolute atomic E-state index is 0.0790. The molecule has 1 aromatic carbocycles. The number of aromatic nitrogens is 1. The van der Waals surface area contributed by atoms with Gasteiger partial charge in [0.25, 0.3) is 5.22 Å². The van der Waals surface area contributed by atoms with Crippen LogP contribution in [0, 0.1) is 5.82 Å². The average Bonchev–Trinajstić information content (AvgIpc) is 2.98. The summed E-state index contributed by atoms with van der Waals surface area (Å²) in [5, 5.41) is 2.50. The third-order valence-corrected chi connectivity index (χ3v) is 3.42. The van der Waals surface area contributed by atoms with Gasteiger partial charge in [-0.3, -0.25) is 0 Å². The van der Waals surface area contributed by atoms with Crippen molar-refractivity contribution in [1.29, 1.82) is 0 Å². The zero-order chi connectivity index (χ0) is 17.6. The maximum Gasteiger partial charge on any atom is 0.422 e. The summed E-state index contributed by atoms with van der Waals surface area (Å²) in [5.74, 6) is 0.413. The molecule has 0 radical (unpaired) electrons. The van der Waals surface area contributed by atoms with Crippen molar-refractivity contribution in [1.82, 2.24) is 10.3 Å². The Morgan fingerprint density at radius 2 is 2.00 bits per heavy atom. The molecule has 5 nitrogen and oxygen atoms in total. The molecule has 0 aliphatic carbocycles. The van der Waals surface area contributed by atoms with Crippen LogP contribution in [-0.4, -0.2) is 36.2 Å². The number of nitrogens with one attached hydrogen (secondary N) is 1. The highest BCUT2D eigenvalue weighted by Crippen LogP contribution is 2.25. The molecule has 0 aliphatic rings. The fourth-order valence-corrected chi connectivity index (χ4v) is 2.22. The normalized spacial score (nSPS) is 11.3. The van der Waals surface area contributed by atoms with Gasteiger partial charge in [-0.1, -0.05) is 11.8 Å². The van der Waals surface area contributed by atoms with Crippen LogP contribution < -0.4 is 5.32 Å². The Labute approximate surface area is 138 Å². The van der Waals surface area contributed by atoms with Gasteiger partial charge in [0.15, 0.2) is 12.4 Å². The maximum absolute atomic E-state index is 12.8. The van der Waals surface area contributed by atoms with Crippen molar-refractivity contribution in [2.45, 2.75) is 11.4 Å². The van der Waals surface area contributed by atoms with Crippen molar-refractivity contribution in [2.75, 3.05) is 18.9 Å². The predicted molar refractivity (Wildman–Crippen MR) is 78.0 cm³/mol. The van der Waals surface area contributed by atoms with Gasteiger partial charge in [-0.25, -0.2) is 14.2 Å². The first kappa shape index (κ1) is 18.1. The standard InChI is InChI=1S/C14H12F4N2O3S/c15-10-3-1-9(2-4-10)11-7-20-13(23-11)24-6-5-19-12(21)22-8-14(16,17)18/h1-4,7H,5-6,8H2,(H,19,21). The molecular formula is C14H12F4N2O3S. The third-order valence-electron chi connectivity index (χ3n) is 2.58. The summed E-state index contributed by atoms with van der Waals surface area (Å²) in [4.78, 5) is 15.0. The van der Waals surface area contributed by atoms with Crippen molar-refractivity contribution < 1.29 is 31.5 Å². The number of carbonyl (C=O) groups is 1. The van der Waals surface area contributed by atoms with Gasteiger partial charge in [-0.15, -0.1) is 0 Å². The Morgan fingerprint density at radius 1 is 1.29 bits per heavy atom. The summed E-state index contributed by atoms with van der Waals surface area (Å²) in [5.41, 5.74) is 0.657. The Bertz CT molecular complexity index is 673. The molecule has 1 amide bonds. The fraction of sp³-hybridized carbons (Fsp3) is 0.286. The molecule has 1 aromatic heterocycles. The number of carbonyl (C=O) groups excluding carboxylic acids is 1. The molecule has 0 atom stereocenters. The lowest BCUT2D eigenvalue weighted by Crippen LogP contribution is -2.30. The minimum atomic E-state index is -4.55. The van der Waals surface area contributed by atoms with Crippen LogP contribution in [0.1, 0.15) is 0 Å². The molecule has 0 saturated heterocycles. The van der Waals surface area contributed by atoms with E-state index in [0.29, 0.717) is 22.3 Å². The number of thioether (sulfide) groups is 1. The molecule has 1 heterocycles. The van der Waals surface area contributed by atoms with Gasteiger partial charge in [0.2, 0.25) is 0 Å². The van der Waals surface area contributed by atoms with Crippen molar-refractivity contribution >= 4 is 17.9 Å². The summed E-state index contributed by atoms with van der Waals surface area (Å²) in [6.45, 7) is -1.55. The van der Waals surface area contributed by atoms with Crippen molar-refractivity contribution in [3.8, 4) is 11.3 Å². The predicted octanol–water partition coefficient (Wildman–Crippen LogP) is 3.86. The van der Waals surface area contributed by atoms with E-state index in [1.165, 1.54) is 18.3 Å². The summed E-state index contributed by atoms with van der Waals surface area (Å²) in [6, 6.07) is 5.67. The monoisotopic (exact) mass is 364 g/mol. The molecule has 0 spiro atoms. The molecule has 24 heavy (non-hydrogen) atoms. The van der Waals surface area contributed by atoms with Crippen LogP contribution in [0.3, 0.4) is 0 Å². The van der Waals surface area contributed by atoms with Gasteiger partial charge in [-0.05, 0) is 24.3 Å². The molecule has 0 bridgehead atoms. The summed E-state index contributed by atoms with van der Waals surface area (Å²) in [6.07, 6.45) is -4.23. The van der Waals surface area contributed by atoms with Crippen LogP contribution in [0.25, 0.3) is 11.3 Å². The lowest BCUT2D eigenvalue weighted by Gasteiger charge is -2.08. The number of nitrogens with zero attached hydrogens (tertiary/aromatic N) is 1. The highest BCUT2D eigenvalue weighted by atomic mass is 32.2. The van der Waals surface area contributed by atoms with E-state index in [1.54, 1.807) is 12.1 Å². The number of alkyl carbamates (subject to hydrolysis) is 1. The van der Waals surface area contributed by atoms with Crippen LogP contribution in [0.15, 0.2) is 40.1 Å². The average molecular weight is 364 g/mol. The molecule has 0 fully saturated rings. The number of benzene rings is 1. The van der Waals surface area contributed by atoms with Crippen LogP contribution in [0.5, 0.6) is 0 Å². The van der Waals surface area contributed by atoms with E-state index >= 15 is 0 Å². The third kappa shape index (κ3) is 6.11. The van der Waals surface area contributed by atoms with Crippen LogP contribution in [0.4, 0.5) is 22.4 Å². The number of hydrogen-bond acceptors (Lipinski definition) is 5. The first-order valence-electron chi connectivity index (χ1n) is 6.65. The zero-order valence-electron chi connectivity index (χ0n) is 12.1. The summed E-state index contributed by atoms with van der Waals surface area (Å²) >= 11 is 1.16. The molecule has 0 unspecified atom stereocenters. The van der Waals surface area contributed by atoms with Gasteiger partial charge in [0.1, 0.15) is 5.82 Å². The first-order chi connectivity index (χ1) is 11.3. The number of ether oxygens (including phenoxy) is 1. The van der Waals surface area contributed by atoms with Gasteiger partial charge in [0, 0.05) is 17.9 Å². The Morgan fingerprint density at radius 3 is 2.67 bits per heavy atom. The highest BCUT2D eigenvalue weighted by molar-refractivity contribution is 7.99. The van der Waals surface area contributed by atoms with E-state index < -0.39 is 18.9 Å². The Balaban J connectivity index is 1.72. The zero-order valence-corrected chi connectivity index (χ0v) is 12.9. The topological polar surface area (TPSA) is 64.4 Å². The number of alkyl halides is 3. The van der Waals surface area contributed by atoms with Crippen molar-refractivity contribution in [3.05, 3.63) is 36.3 Å². The van der Waals surface area contributed by atoms with E-state index in [2.05, 4.69) is 15.0 Å². The quantitative estimate of drug-likeness (QED) is 0.479. The van der Waals surface area contributed by atoms with Gasteiger partial charge in [0.05, 0.1) is 6.20 Å². The summed E-state index contributed by atoms with van der Waals surface area (Å²) < 4.78 is 57.8. The van der Waals surface area contributed by atoms with Crippen molar-refractivity contribution in [2.24, 2.45) is 0 Å². The fourth-order valence-electron chi connectivity index (χ4n) is 1.56. The van der Waals surface area contributed by atoms with E-state index in [4.69, 9.17) is 4.42 Å². The van der Waals surface area contributed by atoms with E-state index in [0.717, 1.165) is 11.8 Å². The van der Waals surface area contributed by atoms with Gasteiger partial charge >= 0.3 is 12.3 Å². The molecule has 0 saturated carbocycles. The largest absolute Gasteiger partial charge is 0.440 e. The second-order valence-corrected chi connectivity index (χ2v) is 5.51. The van der Waals surface area contributed by atoms with Crippen molar-refractivity contribution in [3.63, 3.8) is 0 Å². The number of rotatable bonds is 6. The molecule has 2 aromatic rings. The van der Waals surface area contributed by atoms with E-state index in [9.17, 15) is 22.4 Å². The maximum atomic E-state index is 12.8.